The molecule has 2 rings (SSSR count). The number of hydrogen-bond acceptors (Lipinski definition) is 0. The van der Waals surface area contributed by atoms with E-state index in [1.54, 1.807) is 0 Å². The summed E-state index contributed by atoms with van der Waals surface area (Å²) in [5.41, 5.74) is 8.66. The molecule has 0 aliphatic heterocycles. The highest BCUT2D eigenvalue weighted by Gasteiger charge is 2.06. The van der Waals surface area contributed by atoms with Crippen molar-refractivity contribution in [3.05, 3.63) is 69.8 Å². The Bertz CT molecular complexity index is 550. The smallest absolute Gasteiger partial charge is 0.00203 e. The van der Waals surface area contributed by atoms with Gasteiger partial charge < -0.3 is 0 Å². The second kappa shape index (κ2) is 5.39. The van der Waals surface area contributed by atoms with Crippen molar-refractivity contribution >= 4 is 0 Å². The molecule has 94 valence electrons. The lowest BCUT2D eigenvalue weighted by Gasteiger charge is -2.13. The Morgan fingerprint density at radius 3 is 1.94 bits per heavy atom. The summed E-state index contributed by atoms with van der Waals surface area (Å²) >= 11 is 0. The Morgan fingerprint density at radius 2 is 1.28 bits per heavy atom. The molecule has 0 saturated carbocycles. The number of aryl methyl sites for hydroxylation is 2. The Balaban J connectivity index is 2.37. The molecule has 0 N–H and O–H groups in total. The average Bonchev–Trinajstić information content (AvgIpc) is 2.37. The standard InChI is InChI=1S/C18H22/c1-5-16-9-7-11-18(15(16)4)12-17-10-6-8-13(2)14(17)3/h6-11H,5,12H2,1-4H3. The summed E-state index contributed by atoms with van der Waals surface area (Å²) in [5, 5.41) is 0. The van der Waals surface area contributed by atoms with Gasteiger partial charge >= 0.3 is 0 Å². The van der Waals surface area contributed by atoms with Crippen molar-refractivity contribution in [1.29, 1.82) is 0 Å². The van der Waals surface area contributed by atoms with Crippen LogP contribution in [0.15, 0.2) is 36.4 Å². The third-order valence-corrected chi connectivity index (χ3v) is 4.04. The molecule has 0 spiro atoms. The minimum Gasteiger partial charge on any atom is -0.0617 e. The van der Waals surface area contributed by atoms with Gasteiger partial charge in [0.1, 0.15) is 0 Å². The van der Waals surface area contributed by atoms with Crippen LogP contribution in [0.5, 0.6) is 0 Å². The Morgan fingerprint density at radius 1 is 0.722 bits per heavy atom. The molecule has 0 radical (unpaired) electrons. The van der Waals surface area contributed by atoms with E-state index >= 15 is 0 Å². The van der Waals surface area contributed by atoms with E-state index < -0.39 is 0 Å². The maximum absolute atomic E-state index is 2.26. The molecule has 0 bridgehead atoms. The summed E-state index contributed by atoms with van der Waals surface area (Å²) in [6.45, 7) is 8.89. The first-order valence-corrected chi connectivity index (χ1v) is 6.76. The molecule has 0 heteroatoms. The predicted molar refractivity (Wildman–Crippen MR) is 79.3 cm³/mol. The van der Waals surface area contributed by atoms with Crippen LogP contribution in [-0.2, 0) is 12.8 Å². The summed E-state index contributed by atoms with van der Waals surface area (Å²) in [5.74, 6) is 0. The van der Waals surface area contributed by atoms with Gasteiger partial charge in [-0.05, 0) is 67.0 Å². The van der Waals surface area contributed by atoms with Crippen LogP contribution in [0.3, 0.4) is 0 Å². The molecule has 2 aromatic carbocycles. The minimum absolute atomic E-state index is 1.05. The van der Waals surface area contributed by atoms with Crippen molar-refractivity contribution in [1.82, 2.24) is 0 Å². The van der Waals surface area contributed by atoms with E-state index in [4.69, 9.17) is 0 Å². The van der Waals surface area contributed by atoms with E-state index in [2.05, 4.69) is 64.1 Å². The topological polar surface area (TPSA) is 0 Å². The van der Waals surface area contributed by atoms with Crippen LogP contribution in [0.2, 0.25) is 0 Å². The SMILES string of the molecule is CCc1cccc(Cc2cccc(C)c2C)c1C. The zero-order valence-corrected chi connectivity index (χ0v) is 11.9. The van der Waals surface area contributed by atoms with Gasteiger partial charge in [0.2, 0.25) is 0 Å². The first-order valence-electron chi connectivity index (χ1n) is 6.76. The van der Waals surface area contributed by atoms with E-state index in [1.807, 2.05) is 0 Å². The lowest BCUT2D eigenvalue weighted by Crippen LogP contribution is -1.98. The van der Waals surface area contributed by atoms with E-state index in [0.29, 0.717) is 0 Å². The molecule has 18 heavy (non-hydrogen) atoms. The van der Waals surface area contributed by atoms with Crippen LogP contribution < -0.4 is 0 Å². The van der Waals surface area contributed by atoms with Crippen molar-refractivity contribution in [2.75, 3.05) is 0 Å². The number of benzene rings is 2. The first kappa shape index (κ1) is 12.9. The highest BCUT2D eigenvalue weighted by Crippen LogP contribution is 2.21. The van der Waals surface area contributed by atoms with Crippen molar-refractivity contribution in [2.24, 2.45) is 0 Å². The van der Waals surface area contributed by atoms with Gasteiger partial charge in [-0.1, -0.05) is 43.3 Å². The maximum Gasteiger partial charge on any atom is -0.00203 e. The maximum atomic E-state index is 2.26. The molecule has 0 saturated heterocycles. The van der Waals surface area contributed by atoms with E-state index in [0.717, 1.165) is 12.8 Å². The lowest BCUT2D eigenvalue weighted by molar-refractivity contribution is 1.05. The lowest BCUT2D eigenvalue weighted by atomic mass is 9.92. The highest BCUT2D eigenvalue weighted by molar-refractivity contribution is 5.41. The van der Waals surface area contributed by atoms with Crippen molar-refractivity contribution in [3.63, 3.8) is 0 Å². The molecule has 0 nitrogen and oxygen atoms in total. The van der Waals surface area contributed by atoms with Gasteiger partial charge in [-0.3, -0.25) is 0 Å². The largest absolute Gasteiger partial charge is 0.0617 e. The molecular formula is C18H22. The van der Waals surface area contributed by atoms with E-state index in [1.165, 1.54) is 33.4 Å². The van der Waals surface area contributed by atoms with Crippen molar-refractivity contribution in [2.45, 2.75) is 40.5 Å². The molecule has 2 aromatic rings. The van der Waals surface area contributed by atoms with Gasteiger partial charge in [0.15, 0.2) is 0 Å². The third-order valence-electron chi connectivity index (χ3n) is 4.04. The summed E-state index contributed by atoms with van der Waals surface area (Å²) in [7, 11) is 0. The summed E-state index contributed by atoms with van der Waals surface area (Å²) in [6, 6.07) is 13.3. The van der Waals surface area contributed by atoms with Gasteiger partial charge in [-0.25, -0.2) is 0 Å². The van der Waals surface area contributed by atoms with Crippen molar-refractivity contribution in [3.8, 4) is 0 Å². The summed E-state index contributed by atoms with van der Waals surface area (Å²) in [6.07, 6.45) is 2.17. The fourth-order valence-corrected chi connectivity index (χ4v) is 2.52. The third kappa shape index (κ3) is 2.48. The monoisotopic (exact) mass is 238 g/mol. The molecule has 0 atom stereocenters. The average molecular weight is 238 g/mol. The second-order valence-corrected chi connectivity index (χ2v) is 5.09. The Hall–Kier alpha value is -1.56. The van der Waals surface area contributed by atoms with Gasteiger partial charge in [-0.2, -0.15) is 0 Å². The van der Waals surface area contributed by atoms with Gasteiger partial charge in [0.25, 0.3) is 0 Å². The molecule has 0 amide bonds. The Kier molecular flexibility index (Phi) is 3.86. The van der Waals surface area contributed by atoms with Gasteiger partial charge in [-0.15, -0.1) is 0 Å². The molecule has 0 aliphatic rings. The van der Waals surface area contributed by atoms with E-state index in [-0.39, 0.29) is 0 Å². The number of hydrogen-bond donors (Lipinski definition) is 0. The fourth-order valence-electron chi connectivity index (χ4n) is 2.52. The first-order chi connectivity index (χ1) is 8.63. The second-order valence-electron chi connectivity index (χ2n) is 5.09. The van der Waals surface area contributed by atoms with Crippen LogP contribution >= 0.6 is 0 Å². The molecule has 0 aromatic heterocycles. The van der Waals surface area contributed by atoms with Gasteiger partial charge in [0, 0.05) is 0 Å². The predicted octanol–water partition coefficient (Wildman–Crippen LogP) is 4.77. The minimum atomic E-state index is 1.05. The van der Waals surface area contributed by atoms with Crippen LogP contribution in [-0.4, -0.2) is 0 Å². The zero-order valence-electron chi connectivity index (χ0n) is 11.9. The van der Waals surface area contributed by atoms with Crippen molar-refractivity contribution < 1.29 is 0 Å². The molecule has 0 fully saturated rings. The zero-order chi connectivity index (χ0) is 13.1. The quantitative estimate of drug-likeness (QED) is 0.723. The molecule has 0 unspecified atom stereocenters. The molecule has 0 aliphatic carbocycles. The summed E-state index contributed by atoms with van der Waals surface area (Å²) < 4.78 is 0. The van der Waals surface area contributed by atoms with Gasteiger partial charge in [0.05, 0.1) is 0 Å². The van der Waals surface area contributed by atoms with Crippen LogP contribution in [0.25, 0.3) is 0 Å². The molecular weight excluding hydrogens is 216 g/mol. The number of rotatable bonds is 3. The van der Waals surface area contributed by atoms with Crippen LogP contribution in [0.1, 0.15) is 40.3 Å². The van der Waals surface area contributed by atoms with E-state index in [9.17, 15) is 0 Å². The highest BCUT2D eigenvalue weighted by atomic mass is 14.1. The summed E-state index contributed by atoms with van der Waals surface area (Å²) in [4.78, 5) is 0. The normalized spacial score (nSPS) is 10.7. The van der Waals surface area contributed by atoms with Crippen LogP contribution in [0.4, 0.5) is 0 Å². The van der Waals surface area contributed by atoms with Crippen LogP contribution in [0, 0.1) is 20.8 Å². The fraction of sp³-hybridized carbons (Fsp3) is 0.333. The molecule has 0 heterocycles. The Labute approximate surface area is 111 Å².